The lowest BCUT2D eigenvalue weighted by Gasteiger charge is -2.38. The Kier molecular flexibility index (Phi) is 12.9. The summed E-state index contributed by atoms with van der Waals surface area (Å²) >= 11 is 0. The second-order valence-corrected chi connectivity index (χ2v) is 9.35. The van der Waals surface area contributed by atoms with Crippen molar-refractivity contribution in [1.82, 2.24) is 14.7 Å². The molecular weight excluding hydrogens is 476 g/mol. The molecule has 1 aliphatic heterocycles. The number of nitro benzene ring substituents is 1. The van der Waals surface area contributed by atoms with Gasteiger partial charge >= 0.3 is 0 Å². The van der Waals surface area contributed by atoms with Crippen molar-refractivity contribution in [2.24, 2.45) is 0 Å². The molecule has 0 aromatic heterocycles. The highest BCUT2D eigenvalue weighted by Crippen LogP contribution is 2.29. The zero-order valence-corrected chi connectivity index (χ0v) is 22.5. The number of nitrogens with zero attached hydrogens (tertiary/aromatic N) is 4. The van der Waals surface area contributed by atoms with Gasteiger partial charge in [-0.05, 0) is 82.5 Å². The Hall–Kier alpha value is -2.48. The number of non-ortho nitro benzene ring substituents is 1. The number of nitro groups is 1. The predicted molar refractivity (Wildman–Crippen MR) is 148 cm³/mol. The number of benzene rings is 2. The number of rotatable bonds is 13. The molecule has 1 unspecified atom stereocenters. The van der Waals surface area contributed by atoms with Crippen LogP contribution in [0.4, 0.5) is 5.69 Å². The molecule has 0 saturated carbocycles. The topological polar surface area (TPSA) is 69.9 Å². The molecule has 0 N–H and O–H groups in total. The van der Waals surface area contributed by atoms with Gasteiger partial charge in [0.25, 0.3) is 11.6 Å². The fourth-order valence-corrected chi connectivity index (χ4v) is 4.90. The van der Waals surface area contributed by atoms with E-state index in [1.807, 2.05) is 23.1 Å². The number of halogens is 1. The highest BCUT2D eigenvalue weighted by atomic mass is 35.5. The maximum atomic E-state index is 13.9. The molecule has 1 fully saturated rings. The van der Waals surface area contributed by atoms with Crippen molar-refractivity contribution in [3.63, 3.8) is 0 Å². The fraction of sp³-hybridized carbons (Fsp3) is 0.536. The SMILES string of the molecule is CCN(CC)CCCCC(c1ccccc1)N(CN1CCCCC1)C(=O)c1ccc([N+](=O)[O-])cc1.Cl. The van der Waals surface area contributed by atoms with Crippen LogP contribution < -0.4 is 0 Å². The van der Waals surface area contributed by atoms with E-state index in [4.69, 9.17) is 0 Å². The van der Waals surface area contributed by atoms with E-state index in [0.717, 1.165) is 70.4 Å². The molecule has 2 aromatic rings. The van der Waals surface area contributed by atoms with Gasteiger partial charge in [0.15, 0.2) is 0 Å². The van der Waals surface area contributed by atoms with Crippen molar-refractivity contribution in [2.75, 3.05) is 39.4 Å². The maximum Gasteiger partial charge on any atom is 0.269 e. The van der Waals surface area contributed by atoms with Crippen LogP contribution >= 0.6 is 12.4 Å². The minimum absolute atomic E-state index is 0. The molecule has 36 heavy (non-hydrogen) atoms. The van der Waals surface area contributed by atoms with Crippen LogP contribution in [0.5, 0.6) is 0 Å². The number of carbonyl (C=O) groups excluding carboxylic acids is 1. The van der Waals surface area contributed by atoms with Crippen molar-refractivity contribution in [3.05, 3.63) is 75.8 Å². The highest BCUT2D eigenvalue weighted by molar-refractivity contribution is 5.94. The van der Waals surface area contributed by atoms with Crippen molar-refractivity contribution in [2.45, 2.75) is 58.4 Å². The van der Waals surface area contributed by atoms with Crippen LogP contribution in [-0.2, 0) is 0 Å². The highest BCUT2D eigenvalue weighted by Gasteiger charge is 2.28. The van der Waals surface area contributed by atoms with Crippen LogP contribution in [0, 0.1) is 10.1 Å². The average Bonchev–Trinajstić information content (AvgIpc) is 2.90. The number of piperidine rings is 1. The van der Waals surface area contributed by atoms with E-state index in [1.54, 1.807) is 12.1 Å². The fourth-order valence-electron chi connectivity index (χ4n) is 4.90. The van der Waals surface area contributed by atoms with Crippen molar-refractivity contribution in [1.29, 1.82) is 0 Å². The molecule has 1 heterocycles. The molecule has 1 amide bonds. The third-order valence-corrected chi connectivity index (χ3v) is 7.04. The molecule has 1 atom stereocenters. The first kappa shape index (κ1) is 29.7. The number of hydrogen-bond acceptors (Lipinski definition) is 5. The standard InChI is InChI=1S/C28H40N4O3.ClH/c1-3-29(4-2)20-12-9-15-27(24-13-7-5-8-14-24)31(23-30-21-10-6-11-22-30)28(33)25-16-18-26(19-17-25)32(34)35;/h5,7-8,13-14,16-19,27H,3-4,6,9-12,15,20-23H2,1-2H3;1H. The van der Waals surface area contributed by atoms with Gasteiger partial charge in [0.1, 0.15) is 0 Å². The Morgan fingerprint density at radius 1 is 0.972 bits per heavy atom. The molecule has 0 bridgehead atoms. The van der Waals surface area contributed by atoms with Gasteiger partial charge in [-0.25, -0.2) is 0 Å². The lowest BCUT2D eigenvalue weighted by Crippen LogP contribution is -2.45. The summed E-state index contributed by atoms with van der Waals surface area (Å²) in [6, 6.07) is 16.3. The zero-order valence-electron chi connectivity index (χ0n) is 21.7. The number of amides is 1. The smallest absolute Gasteiger partial charge is 0.269 e. The zero-order chi connectivity index (χ0) is 25.0. The van der Waals surface area contributed by atoms with Crippen molar-refractivity contribution >= 4 is 24.0 Å². The molecule has 7 nitrogen and oxygen atoms in total. The lowest BCUT2D eigenvalue weighted by molar-refractivity contribution is -0.384. The summed E-state index contributed by atoms with van der Waals surface area (Å²) in [7, 11) is 0. The van der Waals surface area contributed by atoms with E-state index in [9.17, 15) is 14.9 Å². The molecule has 1 aliphatic rings. The van der Waals surface area contributed by atoms with Gasteiger partial charge in [0, 0.05) is 17.7 Å². The second kappa shape index (κ2) is 15.6. The van der Waals surface area contributed by atoms with Crippen molar-refractivity contribution in [3.8, 4) is 0 Å². The Morgan fingerprint density at radius 2 is 1.61 bits per heavy atom. The van der Waals surface area contributed by atoms with E-state index in [0.29, 0.717) is 12.2 Å². The maximum absolute atomic E-state index is 13.9. The molecule has 8 heteroatoms. The molecule has 198 valence electrons. The monoisotopic (exact) mass is 516 g/mol. The summed E-state index contributed by atoms with van der Waals surface area (Å²) in [4.78, 5) is 31.4. The van der Waals surface area contributed by atoms with Gasteiger partial charge in [0.05, 0.1) is 17.6 Å². The average molecular weight is 517 g/mol. The van der Waals surface area contributed by atoms with E-state index in [-0.39, 0.29) is 30.0 Å². The van der Waals surface area contributed by atoms with E-state index in [2.05, 4.69) is 35.8 Å². The van der Waals surface area contributed by atoms with Crippen molar-refractivity contribution < 1.29 is 9.72 Å². The Balaban J connectivity index is 0.00000456. The summed E-state index contributed by atoms with van der Waals surface area (Å²) in [5.74, 6) is -0.0666. The van der Waals surface area contributed by atoms with E-state index in [1.165, 1.54) is 18.6 Å². The van der Waals surface area contributed by atoms with Crippen LogP contribution in [-0.4, -0.2) is 64.9 Å². The predicted octanol–water partition coefficient (Wildman–Crippen LogP) is 6.16. The van der Waals surface area contributed by atoms with Crippen LogP contribution in [0.3, 0.4) is 0 Å². The van der Waals surface area contributed by atoms with Gasteiger partial charge in [-0.2, -0.15) is 0 Å². The van der Waals surface area contributed by atoms with Crippen LogP contribution in [0.2, 0.25) is 0 Å². The summed E-state index contributed by atoms with van der Waals surface area (Å²) in [6.07, 6.45) is 6.55. The van der Waals surface area contributed by atoms with Crippen LogP contribution in [0.15, 0.2) is 54.6 Å². The number of unbranched alkanes of at least 4 members (excludes halogenated alkanes) is 1. The second-order valence-electron chi connectivity index (χ2n) is 9.35. The first-order chi connectivity index (χ1) is 17.0. The molecule has 1 saturated heterocycles. The minimum atomic E-state index is -0.428. The number of hydrogen-bond donors (Lipinski definition) is 0. The largest absolute Gasteiger partial charge is 0.319 e. The summed E-state index contributed by atoms with van der Waals surface area (Å²) in [5.41, 5.74) is 1.64. The molecule has 3 rings (SSSR count). The van der Waals surface area contributed by atoms with E-state index >= 15 is 0 Å². The molecule has 0 spiro atoms. The first-order valence-electron chi connectivity index (χ1n) is 13.1. The molecule has 2 aromatic carbocycles. The minimum Gasteiger partial charge on any atom is -0.319 e. The quantitative estimate of drug-likeness (QED) is 0.181. The third kappa shape index (κ3) is 8.57. The van der Waals surface area contributed by atoms with Gasteiger partial charge < -0.3 is 9.80 Å². The third-order valence-electron chi connectivity index (χ3n) is 7.04. The molecular formula is C28H41ClN4O3. The van der Waals surface area contributed by atoms with E-state index < -0.39 is 4.92 Å². The normalized spacial score (nSPS) is 14.8. The summed E-state index contributed by atoms with van der Waals surface area (Å²) in [5, 5.41) is 11.1. The number of carbonyl (C=O) groups is 1. The Bertz CT molecular complexity index is 916. The van der Waals surface area contributed by atoms with Crippen LogP contribution in [0.1, 0.15) is 74.3 Å². The Morgan fingerprint density at radius 3 is 2.19 bits per heavy atom. The van der Waals surface area contributed by atoms with Gasteiger partial charge in [-0.1, -0.05) is 50.6 Å². The summed E-state index contributed by atoms with van der Waals surface area (Å²) < 4.78 is 0. The molecule has 0 radical (unpaired) electrons. The van der Waals surface area contributed by atoms with Gasteiger partial charge in [-0.15, -0.1) is 12.4 Å². The molecule has 0 aliphatic carbocycles. The Labute approximate surface area is 222 Å². The van der Waals surface area contributed by atoms with Crippen LogP contribution in [0.25, 0.3) is 0 Å². The lowest BCUT2D eigenvalue weighted by atomic mass is 9.98. The van der Waals surface area contributed by atoms with Gasteiger partial charge in [-0.3, -0.25) is 19.8 Å². The summed E-state index contributed by atoms with van der Waals surface area (Å²) in [6.45, 7) is 10.1. The van der Waals surface area contributed by atoms with Gasteiger partial charge in [0.2, 0.25) is 0 Å². The first-order valence-corrected chi connectivity index (χ1v) is 13.1. The number of likely N-dealkylation sites (tertiary alicyclic amines) is 1.